The van der Waals surface area contributed by atoms with Gasteiger partial charge in [-0.2, -0.15) is 0 Å². The number of benzene rings is 2. The van der Waals surface area contributed by atoms with E-state index in [1.165, 1.54) is 27.9 Å². The number of aryl methyl sites for hydroxylation is 3. The normalized spacial score (nSPS) is 10.9. The molecule has 0 saturated heterocycles. The maximum Gasteiger partial charge on any atom is 0.119 e. The summed E-state index contributed by atoms with van der Waals surface area (Å²) in [6, 6.07) is 12.8. The predicted octanol–water partition coefficient (Wildman–Crippen LogP) is 5.65. The first-order valence-corrected chi connectivity index (χ1v) is 8.49. The van der Waals surface area contributed by atoms with E-state index in [1.807, 2.05) is 0 Å². The zero-order chi connectivity index (χ0) is 16.8. The summed E-state index contributed by atoms with van der Waals surface area (Å²) in [4.78, 5) is 0. The molecule has 0 amide bonds. The Labute approximate surface area is 140 Å². The van der Waals surface area contributed by atoms with Gasteiger partial charge < -0.3 is 10.1 Å². The van der Waals surface area contributed by atoms with Crippen LogP contribution in [-0.2, 0) is 6.54 Å². The highest BCUT2D eigenvalue weighted by molar-refractivity contribution is 5.58. The Hall–Kier alpha value is -1.96. The number of nitrogens with one attached hydrogen (secondary N) is 1. The lowest BCUT2D eigenvalue weighted by Crippen LogP contribution is -2.04. The first kappa shape index (κ1) is 17.4. The fourth-order valence-electron chi connectivity index (χ4n) is 2.77. The minimum Gasteiger partial charge on any atom is -0.494 e. The molecule has 0 unspecified atom stereocenters. The van der Waals surface area contributed by atoms with Gasteiger partial charge >= 0.3 is 0 Å². The van der Waals surface area contributed by atoms with Crippen LogP contribution in [-0.4, -0.2) is 6.61 Å². The van der Waals surface area contributed by atoms with E-state index in [1.54, 1.807) is 0 Å². The van der Waals surface area contributed by atoms with Crippen LogP contribution >= 0.6 is 0 Å². The van der Waals surface area contributed by atoms with E-state index in [4.69, 9.17) is 4.74 Å². The van der Waals surface area contributed by atoms with Crippen molar-refractivity contribution in [1.82, 2.24) is 0 Å². The summed E-state index contributed by atoms with van der Waals surface area (Å²) >= 11 is 0. The van der Waals surface area contributed by atoms with E-state index < -0.39 is 0 Å². The maximum absolute atomic E-state index is 5.77. The Kier molecular flexibility index (Phi) is 6.09. The molecule has 0 spiro atoms. The minimum atomic E-state index is 0.680. The van der Waals surface area contributed by atoms with Crippen LogP contribution in [0.4, 0.5) is 5.69 Å². The summed E-state index contributed by atoms with van der Waals surface area (Å²) in [6.07, 6.45) is 1.09. The van der Waals surface area contributed by atoms with Crippen LogP contribution in [0.3, 0.4) is 0 Å². The number of ether oxygens (including phenoxy) is 1. The first-order valence-electron chi connectivity index (χ1n) is 8.49. The molecular formula is C21H29NO. The van der Waals surface area contributed by atoms with Gasteiger partial charge in [0.05, 0.1) is 6.61 Å². The van der Waals surface area contributed by atoms with Gasteiger partial charge in [-0.3, -0.25) is 0 Å². The lowest BCUT2D eigenvalue weighted by Gasteiger charge is -2.14. The SMILES string of the molecule is Cc1cc(C)c(NCc2ccc(OCCC(C)C)cc2)c(C)c1. The highest BCUT2D eigenvalue weighted by Gasteiger charge is 2.04. The molecule has 0 atom stereocenters. The molecule has 0 heterocycles. The zero-order valence-electron chi connectivity index (χ0n) is 15.1. The molecule has 0 bridgehead atoms. The second-order valence-electron chi connectivity index (χ2n) is 6.80. The fourth-order valence-corrected chi connectivity index (χ4v) is 2.77. The van der Waals surface area contributed by atoms with Crippen molar-refractivity contribution >= 4 is 5.69 Å². The van der Waals surface area contributed by atoms with Crippen molar-refractivity contribution in [3.8, 4) is 5.75 Å². The number of hydrogen-bond acceptors (Lipinski definition) is 2. The van der Waals surface area contributed by atoms with Gasteiger partial charge in [0.1, 0.15) is 5.75 Å². The van der Waals surface area contributed by atoms with Gasteiger partial charge in [0.25, 0.3) is 0 Å². The smallest absolute Gasteiger partial charge is 0.119 e. The van der Waals surface area contributed by atoms with Crippen molar-refractivity contribution in [2.45, 2.75) is 47.6 Å². The molecule has 2 rings (SSSR count). The molecule has 0 saturated carbocycles. The summed E-state index contributed by atoms with van der Waals surface area (Å²) in [6.45, 7) is 12.5. The molecule has 0 radical (unpaired) electrons. The Bertz CT molecular complexity index is 606. The quantitative estimate of drug-likeness (QED) is 0.713. The van der Waals surface area contributed by atoms with Crippen LogP contribution in [0.1, 0.15) is 42.5 Å². The van der Waals surface area contributed by atoms with Crippen LogP contribution in [0.2, 0.25) is 0 Å². The van der Waals surface area contributed by atoms with Gasteiger partial charge in [-0.05, 0) is 61.9 Å². The third-order valence-electron chi connectivity index (χ3n) is 4.03. The van der Waals surface area contributed by atoms with E-state index in [9.17, 15) is 0 Å². The van der Waals surface area contributed by atoms with Crippen LogP contribution in [0, 0.1) is 26.7 Å². The molecule has 0 aliphatic heterocycles. The molecule has 0 fully saturated rings. The minimum absolute atomic E-state index is 0.680. The summed E-state index contributed by atoms with van der Waals surface area (Å²) in [5.74, 6) is 1.64. The van der Waals surface area contributed by atoms with E-state index in [0.29, 0.717) is 5.92 Å². The molecule has 0 aromatic heterocycles. The molecule has 0 aliphatic carbocycles. The van der Waals surface area contributed by atoms with Crippen molar-refractivity contribution in [3.05, 3.63) is 58.7 Å². The maximum atomic E-state index is 5.77. The average molecular weight is 311 g/mol. The van der Waals surface area contributed by atoms with E-state index >= 15 is 0 Å². The topological polar surface area (TPSA) is 21.3 Å². The monoisotopic (exact) mass is 311 g/mol. The second-order valence-corrected chi connectivity index (χ2v) is 6.80. The predicted molar refractivity (Wildman–Crippen MR) is 99.4 cm³/mol. The van der Waals surface area contributed by atoms with Crippen LogP contribution in [0.5, 0.6) is 5.75 Å². The van der Waals surface area contributed by atoms with Crippen molar-refractivity contribution in [2.75, 3.05) is 11.9 Å². The van der Waals surface area contributed by atoms with Crippen molar-refractivity contribution in [2.24, 2.45) is 5.92 Å². The Morgan fingerprint density at radius 3 is 2.13 bits per heavy atom. The molecule has 23 heavy (non-hydrogen) atoms. The van der Waals surface area contributed by atoms with E-state index in [0.717, 1.165) is 25.3 Å². The molecule has 1 N–H and O–H groups in total. The Balaban J connectivity index is 1.92. The zero-order valence-corrected chi connectivity index (χ0v) is 15.1. The fraction of sp³-hybridized carbons (Fsp3) is 0.429. The first-order chi connectivity index (χ1) is 11.0. The van der Waals surface area contributed by atoms with Crippen molar-refractivity contribution < 1.29 is 4.74 Å². The Morgan fingerprint density at radius 2 is 1.57 bits per heavy atom. The number of rotatable bonds is 7. The van der Waals surface area contributed by atoms with Crippen LogP contribution in [0.25, 0.3) is 0 Å². The lowest BCUT2D eigenvalue weighted by atomic mass is 10.0. The van der Waals surface area contributed by atoms with Crippen LogP contribution in [0.15, 0.2) is 36.4 Å². The Morgan fingerprint density at radius 1 is 0.957 bits per heavy atom. The molecular weight excluding hydrogens is 282 g/mol. The van der Waals surface area contributed by atoms with Gasteiger partial charge in [-0.1, -0.05) is 43.7 Å². The standard InChI is InChI=1S/C21H29NO/c1-15(2)10-11-23-20-8-6-19(7-9-20)14-22-21-17(4)12-16(3)13-18(21)5/h6-9,12-13,15,22H,10-11,14H2,1-5H3. The molecule has 0 aliphatic rings. The lowest BCUT2D eigenvalue weighted by molar-refractivity contribution is 0.289. The van der Waals surface area contributed by atoms with Gasteiger partial charge in [-0.25, -0.2) is 0 Å². The number of hydrogen-bond donors (Lipinski definition) is 1. The third kappa shape index (κ3) is 5.31. The highest BCUT2D eigenvalue weighted by atomic mass is 16.5. The second kappa shape index (κ2) is 8.05. The van der Waals surface area contributed by atoms with Crippen molar-refractivity contribution in [1.29, 1.82) is 0 Å². The summed E-state index contributed by atoms with van der Waals surface area (Å²) in [5.41, 5.74) is 6.43. The molecule has 2 heteroatoms. The summed E-state index contributed by atoms with van der Waals surface area (Å²) in [5, 5.41) is 3.56. The van der Waals surface area contributed by atoms with Crippen molar-refractivity contribution in [3.63, 3.8) is 0 Å². The van der Waals surface area contributed by atoms with Gasteiger partial charge in [0.15, 0.2) is 0 Å². The number of anilines is 1. The molecule has 2 nitrogen and oxygen atoms in total. The average Bonchev–Trinajstić information content (AvgIpc) is 2.47. The third-order valence-corrected chi connectivity index (χ3v) is 4.03. The van der Waals surface area contributed by atoms with Crippen LogP contribution < -0.4 is 10.1 Å². The molecule has 2 aromatic rings. The van der Waals surface area contributed by atoms with E-state index in [-0.39, 0.29) is 0 Å². The van der Waals surface area contributed by atoms with E-state index in [2.05, 4.69) is 76.3 Å². The van der Waals surface area contributed by atoms with Gasteiger partial charge in [0.2, 0.25) is 0 Å². The summed E-state index contributed by atoms with van der Waals surface area (Å²) < 4.78 is 5.77. The molecule has 2 aromatic carbocycles. The highest BCUT2D eigenvalue weighted by Crippen LogP contribution is 2.23. The molecule has 124 valence electrons. The summed E-state index contributed by atoms with van der Waals surface area (Å²) in [7, 11) is 0. The van der Waals surface area contributed by atoms with Gasteiger partial charge in [0, 0.05) is 12.2 Å². The van der Waals surface area contributed by atoms with Gasteiger partial charge in [-0.15, -0.1) is 0 Å². The largest absolute Gasteiger partial charge is 0.494 e.